The quantitative estimate of drug-likeness (QED) is 0.378. The second-order valence-electron chi connectivity index (χ2n) is 8.28. The largest absolute Gasteiger partial charge is 0.457 e. The van der Waals surface area contributed by atoms with Gasteiger partial charge in [0.05, 0.1) is 11.7 Å². The first kappa shape index (κ1) is 21.4. The van der Waals surface area contributed by atoms with Crippen LogP contribution in [-0.2, 0) is 7.05 Å². The van der Waals surface area contributed by atoms with E-state index >= 15 is 0 Å². The van der Waals surface area contributed by atoms with Crippen LogP contribution >= 0.6 is 0 Å². The summed E-state index contributed by atoms with van der Waals surface area (Å²) < 4.78 is 7.63. The molecule has 2 aromatic heterocycles. The number of ether oxygens (including phenoxy) is 1. The van der Waals surface area contributed by atoms with Crippen molar-refractivity contribution in [3.05, 3.63) is 72.7 Å². The number of aromatic nitrogens is 3. The van der Waals surface area contributed by atoms with Crippen LogP contribution in [0.4, 0.5) is 16.2 Å². The summed E-state index contributed by atoms with van der Waals surface area (Å²) in [7, 11) is 1.87. The molecule has 4 aromatic rings. The van der Waals surface area contributed by atoms with Crippen molar-refractivity contribution in [2.75, 3.05) is 17.2 Å². The van der Waals surface area contributed by atoms with Crippen LogP contribution in [0.3, 0.4) is 0 Å². The van der Waals surface area contributed by atoms with Crippen molar-refractivity contribution >= 4 is 34.2 Å². The van der Waals surface area contributed by atoms with Crippen LogP contribution in [0, 0.1) is 5.92 Å². The number of carbonyl (C=O) groups excluding carboxylic acids is 2. The number of amides is 3. The number of hydrogen-bond acceptors (Lipinski definition) is 5. The summed E-state index contributed by atoms with van der Waals surface area (Å²) in [5.74, 6) is 1.48. The Bertz CT molecular complexity index is 1340. The van der Waals surface area contributed by atoms with E-state index in [1.807, 2.05) is 25.2 Å². The number of hydrogen-bond donors (Lipinski definition) is 3. The van der Waals surface area contributed by atoms with E-state index in [0.29, 0.717) is 41.0 Å². The fourth-order valence-corrected chi connectivity index (χ4v) is 3.53. The molecule has 3 N–H and O–H groups in total. The average Bonchev–Trinajstić information content (AvgIpc) is 3.60. The van der Waals surface area contributed by atoms with E-state index in [-0.39, 0.29) is 11.9 Å². The molecular formula is C25H24N6O3. The fraction of sp³-hybridized carbons (Fsp3) is 0.200. The van der Waals surface area contributed by atoms with E-state index in [1.165, 1.54) is 12.8 Å². The molecule has 2 heterocycles. The van der Waals surface area contributed by atoms with Gasteiger partial charge in [0.1, 0.15) is 17.2 Å². The first-order valence-electron chi connectivity index (χ1n) is 11.1. The zero-order valence-corrected chi connectivity index (χ0v) is 18.6. The molecule has 1 saturated carbocycles. The highest BCUT2D eigenvalue weighted by Crippen LogP contribution is 2.28. The number of nitrogens with one attached hydrogen (secondary N) is 3. The molecule has 9 nitrogen and oxygen atoms in total. The molecule has 0 bridgehead atoms. The smallest absolute Gasteiger partial charge is 0.323 e. The van der Waals surface area contributed by atoms with Crippen LogP contribution in [0.15, 0.2) is 67.0 Å². The molecule has 34 heavy (non-hydrogen) atoms. The SMILES string of the molecule is Cn1ncc2cc(NC(=O)Nc3ccc(Oc4ccnc(C(=O)NCC5CC5)c4)cc3)ccc21. The van der Waals surface area contributed by atoms with Gasteiger partial charge in [0, 0.05) is 42.6 Å². The molecule has 1 aliphatic carbocycles. The van der Waals surface area contributed by atoms with Crippen LogP contribution in [0.2, 0.25) is 0 Å². The number of fused-ring (bicyclic) bond motifs is 1. The second-order valence-corrected chi connectivity index (χ2v) is 8.28. The predicted molar refractivity (Wildman–Crippen MR) is 129 cm³/mol. The van der Waals surface area contributed by atoms with Crippen molar-refractivity contribution < 1.29 is 14.3 Å². The van der Waals surface area contributed by atoms with Crippen molar-refractivity contribution in [3.8, 4) is 11.5 Å². The number of aryl methyl sites for hydroxylation is 1. The number of nitrogens with zero attached hydrogens (tertiary/aromatic N) is 3. The summed E-state index contributed by atoms with van der Waals surface area (Å²) in [6.07, 6.45) is 5.64. The first-order chi connectivity index (χ1) is 16.5. The average molecular weight is 457 g/mol. The Kier molecular flexibility index (Phi) is 5.82. The molecule has 9 heteroatoms. The topological polar surface area (TPSA) is 110 Å². The molecule has 0 unspecified atom stereocenters. The van der Waals surface area contributed by atoms with Gasteiger partial charge < -0.3 is 20.7 Å². The van der Waals surface area contributed by atoms with Gasteiger partial charge in [-0.1, -0.05) is 0 Å². The minimum atomic E-state index is -0.354. The molecule has 1 aliphatic rings. The van der Waals surface area contributed by atoms with Crippen LogP contribution in [0.25, 0.3) is 10.9 Å². The lowest BCUT2D eigenvalue weighted by Gasteiger charge is -2.10. The van der Waals surface area contributed by atoms with E-state index in [9.17, 15) is 9.59 Å². The van der Waals surface area contributed by atoms with Gasteiger partial charge in [-0.2, -0.15) is 5.10 Å². The fourth-order valence-electron chi connectivity index (χ4n) is 3.53. The Morgan fingerprint density at radius 1 is 1.00 bits per heavy atom. The Balaban J connectivity index is 1.17. The van der Waals surface area contributed by atoms with Crippen molar-refractivity contribution in [2.24, 2.45) is 13.0 Å². The first-order valence-corrected chi connectivity index (χ1v) is 11.1. The Labute approximate surface area is 196 Å². The normalized spacial score (nSPS) is 12.9. The third-order valence-corrected chi connectivity index (χ3v) is 5.56. The maximum absolute atomic E-state index is 12.4. The highest BCUT2D eigenvalue weighted by Gasteiger charge is 2.22. The van der Waals surface area contributed by atoms with Crippen molar-refractivity contribution in [1.82, 2.24) is 20.1 Å². The number of rotatable bonds is 7. The summed E-state index contributed by atoms with van der Waals surface area (Å²) >= 11 is 0. The van der Waals surface area contributed by atoms with Gasteiger partial charge in [-0.25, -0.2) is 4.79 Å². The number of pyridine rings is 1. The Morgan fingerprint density at radius 2 is 1.76 bits per heavy atom. The highest BCUT2D eigenvalue weighted by molar-refractivity contribution is 6.01. The van der Waals surface area contributed by atoms with Crippen LogP contribution in [-0.4, -0.2) is 33.2 Å². The minimum Gasteiger partial charge on any atom is -0.457 e. The third kappa shape index (κ3) is 5.15. The molecule has 0 atom stereocenters. The van der Waals surface area contributed by atoms with Crippen molar-refractivity contribution in [3.63, 3.8) is 0 Å². The number of urea groups is 1. The Hall–Kier alpha value is -4.40. The lowest BCUT2D eigenvalue weighted by atomic mass is 10.2. The van der Waals surface area contributed by atoms with Gasteiger partial charge >= 0.3 is 6.03 Å². The van der Waals surface area contributed by atoms with E-state index < -0.39 is 0 Å². The molecule has 3 amide bonds. The van der Waals surface area contributed by atoms with Gasteiger partial charge in [0.15, 0.2) is 0 Å². The zero-order valence-electron chi connectivity index (χ0n) is 18.6. The molecule has 1 fully saturated rings. The summed E-state index contributed by atoms with van der Waals surface area (Å²) in [5, 5.41) is 13.7. The Morgan fingerprint density at radius 3 is 2.56 bits per heavy atom. The van der Waals surface area contributed by atoms with Gasteiger partial charge in [0.2, 0.25) is 0 Å². The monoisotopic (exact) mass is 456 g/mol. The van der Waals surface area contributed by atoms with Crippen molar-refractivity contribution in [1.29, 1.82) is 0 Å². The number of benzene rings is 2. The van der Waals surface area contributed by atoms with Gasteiger partial charge in [-0.15, -0.1) is 0 Å². The van der Waals surface area contributed by atoms with Gasteiger partial charge in [-0.3, -0.25) is 14.5 Å². The van der Waals surface area contributed by atoms with E-state index in [0.717, 1.165) is 10.9 Å². The van der Waals surface area contributed by atoms with Crippen LogP contribution in [0.5, 0.6) is 11.5 Å². The highest BCUT2D eigenvalue weighted by atomic mass is 16.5. The van der Waals surface area contributed by atoms with E-state index in [4.69, 9.17) is 4.74 Å². The summed E-state index contributed by atoms with van der Waals surface area (Å²) in [5.41, 5.74) is 2.59. The molecular weight excluding hydrogens is 432 g/mol. The maximum atomic E-state index is 12.4. The van der Waals surface area contributed by atoms with Crippen LogP contribution in [0.1, 0.15) is 23.3 Å². The summed E-state index contributed by atoms with van der Waals surface area (Å²) in [4.78, 5) is 28.8. The summed E-state index contributed by atoms with van der Waals surface area (Å²) in [6, 6.07) is 15.5. The van der Waals surface area contributed by atoms with Crippen LogP contribution < -0.4 is 20.7 Å². The summed E-state index contributed by atoms with van der Waals surface area (Å²) in [6.45, 7) is 0.686. The molecule has 5 rings (SSSR count). The minimum absolute atomic E-state index is 0.203. The molecule has 0 saturated heterocycles. The lowest BCUT2D eigenvalue weighted by molar-refractivity contribution is 0.0946. The van der Waals surface area contributed by atoms with Crippen molar-refractivity contribution in [2.45, 2.75) is 12.8 Å². The molecule has 0 radical (unpaired) electrons. The lowest BCUT2D eigenvalue weighted by Crippen LogP contribution is -2.26. The zero-order chi connectivity index (χ0) is 23.5. The standard InChI is InChI=1S/C25H24N6O3/c1-31-23-9-6-19(12-17(23)15-28-31)30-25(33)29-18-4-7-20(8-5-18)34-21-10-11-26-22(13-21)24(32)27-14-16-2-3-16/h4-13,15-16H,2-3,14H2,1H3,(H,27,32)(H2,29,30,33). The number of anilines is 2. The molecule has 0 spiro atoms. The number of carbonyl (C=O) groups is 2. The predicted octanol–water partition coefficient (Wildman–Crippen LogP) is 4.54. The van der Waals surface area contributed by atoms with Gasteiger partial charge in [0.25, 0.3) is 5.91 Å². The van der Waals surface area contributed by atoms with E-state index in [1.54, 1.807) is 53.5 Å². The molecule has 172 valence electrons. The second kappa shape index (κ2) is 9.22. The van der Waals surface area contributed by atoms with E-state index in [2.05, 4.69) is 26.0 Å². The molecule has 0 aliphatic heterocycles. The van der Waals surface area contributed by atoms with Gasteiger partial charge in [-0.05, 0) is 67.3 Å². The maximum Gasteiger partial charge on any atom is 0.323 e. The molecule has 2 aromatic carbocycles. The third-order valence-electron chi connectivity index (χ3n) is 5.56.